The van der Waals surface area contributed by atoms with Crippen molar-refractivity contribution in [3.8, 4) is 0 Å². The smallest absolute Gasteiger partial charge is 0.305 e. The number of aliphatic carboxylic acids is 1. The molecule has 2 unspecified atom stereocenters. The lowest BCUT2D eigenvalue weighted by molar-refractivity contribution is -0.139. The molecular weight excluding hydrogens is 282 g/mol. The lowest BCUT2D eigenvalue weighted by atomic mass is 9.81. The number of nitrogens with one attached hydrogen (secondary N) is 1. The molecule has 2 aliphatic rings. The molecule has 5 heteroatoms. The van der Waals surface area contributed by atoms with Gasteiger partial charge in [-0.05, 0) is 25.2 Å². The van der Waals surface area contributed by atoms with Crippen LogP contribution in [0.4, 0.5) is 0 Å². The first-order valence-corrected chi connectivity index (χ1v) is 8.66. The largest absolute Gasteiger partial charge is 0.481 e. The molecule has 0 aromatic heterocycles. The monoisotopic (exact) mass is 311 g/mol. The third kappa shape index (κ3) is 4.70. The van der Waals surface area contributed by atoms with E-state index in [-0.39, 0.29) is 18.2 Å². The van der Waals surface area contributed by atoms with E-state index < -0.39 is 11.5 Å². The Kier molecular flexibility index (Phi) is 6.24. The topological polar surface area (TPSA) is 75.6 Å². The van der Waals surface area contributed by atoms with E-state index in [0.29, 0.717) is 25.6 Å². The standard InChI is InChI=1S/C17H29NO4/c1-2-14(10-13-6-4-3-5-7-13)16(21)18-17(11-15(19)20)8-9-22-12-17/h13-14H,2-12H2,1H3,(H,18,21)(H,19,20). The number of rotatable bonds is 7. The Morgan fingerprint density at radius 3 is 2.59 bits per heavy atom. The number of hydrogen-bond acceptors (Lipinski definition) is 3. The normalized spacial score (nSPS) is 27.5. The van der Waals surface area contributed by atoms with E-state index in [1.165, 1.54) is 32.1 Å². The summed E-state index contributed by atoms with van der Waals surface area (Å²) in [6.45, 7) is 2.87. The van der Waals surface area contributed by atoms with Crippen molar-refractivity contribution in [3.63, 3.8) is 0 Å². The summed E-state index contributed by atoms with van der Waals surface area (Å²) in [4.78, 5) is 23.7. The number of amides is 1. The van der Waals surface area contributed by atoms with E-state index in [1.807, 2.05) is 6.92 Å². The SMILES string of the molecule is CCC(CC1CCCCC1)C(=O)NC1(CC(=O)O)CCOC1. The second-order valence-electron chi connectivity index (χ2n) is 6.99. The molecule has 126 valence electrons. The minimum atomic E-state index is -0.883. The fourth-order valence-electron chi connectivity index (χ4n) is 3.83. The highest BCUT2D eigenvalue weighted by Gasteiger charge is 2.39. The molecule has 0 spiro atoms. The summed E-state index contributed by atoms with van der Waals surface area (Å²) in [6.07, 6.45) is 8.61. The first kappa shape index (κ1) is 17.3. The highest BCUT2D eigenvalue weighted by Crippen LogP contribution is 2.31. The fraction of sp³-hybridized carbons (Fsp3) is 0.882. The van der Waals surface area contributed by atoms with Crippen molar-refractivity contribution in [2.45, 2.75) is 70.3 Å². The van der Waals surface area contributed by atoms with Gasteiger partial charge in [0.05, 0.1) is 18.6 Å². The van der Waals surface area contributed by atoms with Crippen molar-refractivity contribution in [2.24, 2.45) is 11.8 Å². The molecule has 0 aromatic carbocycles. The van der Waals surface area contributed by atoms with Crippen LogP contribution in [0.25, 0.3) is 0 Å². The van der Waals surface area contributed by atoms with E-state index in [1.54, 1.807) is 0 Å². The van der Waals surface area contributed by atoms with Crippen LogP contribution in [0.1, 0.15) is 64.7 Å². The predicted molar refractivity (Wildman–Crippen MR) is 83.5 cm³/mol. The molecular formula is C17H29NO4. The van der Waals surface area contributed by atoms with Crippen LogP contribution in [-0.4, -0.2) is 35.7 Å². The van der Waals surface area contributed by atoms with Crippen LogP contribution in [0.15, 0.2) is 0 Å². The van der Waals surface area contributed by atoms with Crippen molar-refractivity contribution in [1.82, 2.24) is 5.32 Å². The minimum Gasteiger partial charge on any atom is -0.481 e. The molecule has 1 saturated carbocycles. The molecule has 2 N–H and O–H groups in total. The molecule has 2 atom stereocenters. The van der Waals surface area contributed by atoms with Crippen molar-refractivity contribution in [3.05, 3.63) is 0 Å². The lowest BCUT2D eigenvalue weighted by Gasteiger charge is -2.31. The number of carboxylic acids is 1. The summed E-state index contributed by atoms with van der Waals surface area (Å²) in [6, 6.07) is 0. The van der Waals surface area contributed by atoms with Gasteiger partial charge in [0, 0.05) is 12.5 Å². The molecule has 22 heavy (non-hydrogen) atoms. The van der Waals surface area contributed by atoms with E-state index in [0.717, 1.165) is 12.8 Å². The van der Waals surface area contributed by atoms with Crippen LogP contribution in [0.5, 0.6) is 0 Å². The third-order valence-electron chi connectivity index (χ3n) is 5.19. The molecule has 0 radical (unpaired) electrons. The summed E-state index contributed by atoms with van der Waals surface area (Å²) in [5, 5.41) is 12.1. The van der Waals surface area contributed by atoms with Gasteiger partial charge in [0.25, 0.3) is 0 Å². The number of carboxylic acid groups (broad SMARTS) is 1. The Morgan fingerprint density at radius 2 is 2.05 bits per heavy atom. The zero-order chi connectivity index (χ0) is 16.0. The number of carbonyl (C=O) groups is 2. The van der Waals surface area contributed by atoms with Crippen molar-refractivity contribution in [1.29, 1.82) is 0 Å². The zero-order valence-electron chi connectivity index (χ0n) is 13.6. The first-order chi connectivity index (χ1) is 10.5. The van der Waals surface area contributed by atoms with Gasteiger partial charge in [-0.15, -0.1) is 0 Å². The summed E-state index contributed by atoms with van der Waals surface area (Å²) in [7, 11) is 0. The van der Waals surface area contributed by atoms with Crippen LogP contribution in [0, 0.1) is 11.8 Å². The van der Waals surface area contributed by atoms with Crippen LogP contribution < -0.4 is 5.32 Å². The van der Waals surface area contributed by atoms with E-state index in [9.17, 15) is 9.59 Å². The summed E-state index contributed by atoms with van der Waals surface area (Å²) < 4.78 is 5.35. The first-order valence-electron chi connectivity index (χ1n) is 8.66. The maximum absolute atomic E-state index is 12.6. The minimum absolute atomic E-state index is 0.00521. The highest BCUT2D eigenvalue weighted by molar-refractivity contribution is 5.80. The Bertz CT molecular complexity index is 384. The maximum atomic E-state index is 12.6. The third-order valence-corrected chi connectivity index (χ3v) is 5.19. The van der Waals surface area contributed by atoms with Gasteiger partial charge in [0.1, 0.15) is 0 Å². The van der Waals surface area contributed by atoms with Gasteiger partial charge in [-0.25, -0.2) is 0 Å². The summed E-state index contributed by atoms with van der Waals surface area (Å²) in [5.74, 6) is -0.222. The molecule has 2 fully saturated rings. The highest BCUT2D eigenvalue weighted by atomic mass is 16.5. The van der Waals surface area contributed by atoms with Gasteiger partial charge in [-0.2, -0.15) is 0 Å². The van der Waals surface area contributed by atoms with Crippen molar-refractivity contribution >= 4 is 11.9 Å². The second-order valence-corrected chi connectivity index (χ2v) is 6.99. The molecule has 1 saturated heterocycles. The van der Waals surface area contributed by atoms with Crippen LogP contribution in [0.2, 0.25) is 0 Å². The number of ether oxygens (including phenoxy) is 1. The Morgan fingerprint density at radius 1 is 1.32 bits per heavy atom. The fourth-order valence-corrected chi connectivity index (χ4v) is 3.83. The molecule has 5 nitrogen and oxygen atoms in total. The van der Waals surface area contributed by atoms with Crippen molar-refractivity contribution < 1.29 is 19.4 Å². The summed E-state index contributed by atoms with van der Waals surface area (Å²) in [5.41, 5.74) is -0.705. The quantitative estimate of drug-likeness (QED) is 0.758. The Hall–Kier alpha value is -1.10. The molecule has 1 aliphatic heterocycles. The van der Waals surface area contributed by atoms with E-state index in [4.69, 9.17) is 9.84 Å². The van der Waals surface area contributed by atoms with E-state index >= 15 is 0 Å². The molecule has 2 rings (SSSR count). The van der Waals surface area contributed by atoms with Gasteiger partial charge < -0.3 is 15.2 Å². The molecule has 1 amide bonds. The average molecular weight is 311 g/mol. The Balaban J connectivity index is 1.93. The second kappa shape index (κ2) is 7.95. The Labute approximate surface area is 132 Å². The predicted octanol–water partition coefficient (Wildman–Crippen LogP) is 2.73. The molecule has 1 aliphatic carbocycles. The lowest BCUT2D eigenvalue weighted by Crippen LogP contribution is -2.52. The van der Waals surface area contributed by atoms with Gasteiger partial charge >= 0.3 is 5.97 Å². The van der Waals surface area contributed by atoms with Crippen LogP contribution in [0.3, 0.4) is 0 Å². The zero-order valence-corrected chi connectivity index (χ0v) is 13.6. The van der Waals surface area contributed by atoms with Gasteiger partial charge in [-0.1, -0.05) is 39.0 Å². The van der Waals surface area contributed by atoms with Crippen molar-refractivity contribution in [2.75, 3.05) is 13.2 Å². The van der Waals surface area contributed by atoms with Crippen LogP contribution >= 0.6 is 0 Å². The molecule has 0 bridgehead atoms. The van der Waals surface area contributed by atoms with Gasteiger partial charge in [0.2, 0.25) is 5.91 Å². The van der Waals surface area contributed by atoms with Gasteiger partial charge in [-0.3, -0.25) is 9.59 Å². The average Bonchev–Trinajstić information content (AvgIpc) is 2.92. The summed E-state index contributed by atoms with van der Waals surface area (Å²) >= 11 is 0. The van der Waals surface area contributed by atoms with Gasteiger partial charge in [0.15, 0.2) is 0 Å². The molecule has 1 heterocycles. The number of carbonyl (C=O) groups excluding carboxylic acids is 1. The van der Waals surface area contributed by atoms with E-state index in [2.05, 4.69) is 5.32 Å². The number of hydrogen-bond donors (Lipinski definition) is 2. The maximum Gasteiger partial charge on any atom is 0.305 e. The van der Waals surface area contributed by atoms with Crippen LogP contribution in [-0.2, 0) is 14.3 Å². The molecule has 0 aromatic rings.